The van der Waals surface area contributed by atoms with Crippen molar-refractivity contribution in [3.8, 4) is 0 Å². The molecule has 3 rings (SSSR count). The van der Waals surface area contributed by atoms with E-state index in [-0.39, 0.29) is 6.04 Å². The van der Waals surface area contributed by atoms with Crippen molar-refractivity contribution in [2.75, 3.05) is 10.8 Å². The van der Waals surface area contributed by atoms with Crippen LogP contribution in [-0.2, 0) is 16.4 Å². The van der Waals surface area contributed by atoms with Gasteiger partial charge in [-0.15, -0.1) is 11.3 Å². The molecule has 0 fully saturated rings. The van der Waals surface area contributed by atoms with Crippen molar-refractivity contribution in [1.82, 2.24) is 0 Å². The highest BCUT2D eigenvalue weighted by Crippen LogP contribution is 2.37. The van der Waals surface area contributed by atoms with Gasteiger partial charge in [-0.3, -0.25) is 4.31 Å². The van der Waals surface area contributed by atoms with Crippen LogP contribution < -0.4 is 10.0 Å². The molecule has 0 saturated carbocycles. The molecule has 0 amide bonds. The highest BCUT2D eigenvalue weighted by Gasteiger charge is 2.33. The predicted molar refractivity (Wildman–Crippen MR) is 89.3 cm³/mol. The number of nitrogens with two attached hydrogens (primary N) is 1. The van der Waals surface area contributed by atoms with Crippen LogP contribution in [0.15, 0.2) is 38.3 Å². The van der Waals surface area contributed by atoms with Crippen molar-refractivity contribution >= 4 is 43.0 Å². The number of halogens is 1. The molecule has 21 heavy (non-hydrogen) atoms. The number of thiophene rings is 1. The zero-order valence-corrected chi connectivity index (χ0v) is 14.6. The summed E-state index contributed by atoms with van der Waals surface area (Å²) in [5.74, 6) is 0. The molecule has 1 aromatic carbocycles. The Kier molecular flexibility index (Phi) is 3.85. The second kappa shape index (κ2) is 5.39. The Bertz CT molecular complexity index is 784. The van der Waals surface area contributed by atoms with Gasteiger partial charge < -0.3 is 5.73 Å². The van der Waals surface area contributed by atoms with E-state index >= 15 is 0 Å². The highest BCUT2D eigenvalue weighted by molar-refractivity contribution is 9.10. The normalized spacial score (nSPS) is 16.0. The highest BCUT2D eigenvalue weighted by atomic mass is 79.9. The van der Waals surface area contributed by atoms with Crippen molar-refractivity contribution < 1.29 is 8.42 Å². The van der Waals surface area contributed by atoms with E-state index in [4.69, 9.17) is 5.73 Å². The first-order valence-corrected chi connectivity index (χ1v) is 9.66. The van der Waals surface area contributed by atoms with Gasteiger partial charge in [0.05, 0.1) is 5.69 Å². The summed E-state index contributed by atoms with van der Waals surface area (Å²) < 4.78 is 28.0. The molecule has 0 aliphatic carbocycles. The lowest BCUT2D eigenvalue weighted by molar-refractivity contribution is 0.594. The summed E-state index contributed by atoms with van der Waals surface area (Å²) in [4.78, 5) is 0. The molecule has 0 bridgehead atoms. The first-order valence-electron chi connectivity index (χ1n) is 6.55. The van der Waals surface area contributed by atoms with E-state index in [9.17, 15) is 8.42 Å². The third-order valence-corrected chi connectivity index (χ3v) is 8.05. The van der Waals surface area contributed by atoms with Gasteiger partial charge in [0.2, 0.25) is 0 Å². The Hall–Kier alpha value is -0.890. The SMILES string of the molecule is CC(N)c1ccc2c(c1)CCN2S(=O)(=O)c1sccc1Br. The molecule has 4 nitrogen and oxygen atoms in total. The van der Waals surface area contributed by atoms with Crippen LogP contribution in [-0.4, -0.2) is 15.0 Å². The zero-order valence-electron chi connectivity index (χ0n) is 11.4. The molecular formula is C14H15BrN2O2S2. The summed E-state index contributed by atoms with van der Waals surface area (Å²) >= 11 is 4.54. The van der Waals surface area contributed by atoms with E-state index in [1.54, 1.807) is 11.4 Å². The molecular weight excluding hydrogens is 372 g/mol. The number of benzene rings is 1. The summed E-state index contributed by atoms with van der Waals surface area (Å²) in [7, 11) is -3.50. The van der Waals surface area contributed by atoms with E-state index < -0.39 is 10.0 Å². The molecule has 7 heteroatoms. The smallest absolute Gasteiger partial charge is 0.274 e. The second-order valence-corrected chi connectivity index (χ2v) is 8.89. The fourth-order valence-electron chi connectivity index (χ4n) is 2.49. The minimum atomic E-state index is -3.50. The Morgan fingerprint density at radius 2 is 2.14 bits per heavy atom. The van der Waals surface area contributed by atoms with Gasteiger partial charge in [0, 0.05) is 17.1 Å². The average Bonchev–Trinajstić information content (AvgIpc) is 3.03. The average molecular weight is 387 g/mol. The van der Waals surface area contributed by atoms with Gasteiger partial charge in [-0.2, -0.15) is 0 Å². The summed E-state index contributed by atoms with van der Waals surface area (Å²) in [6.07, 6.45) is 0.720. The minimum Gasteiger partial charge on any atom is -0.324 e. The van der Waals surface area contributed by atoms with Crippen molar-refractivity contribution in [2.24, 2.45) is 5.73 Å². The number of hydrogen-bond donors (Lipinski definition) is 1. The molecule has 1 aromatic heterocycles. The maximum atomic E-state index is 12.8. The molecule has 0 spiro atoms. The zero-order chi connectivity index (χ0) is 15.2. The molecule has 2 heterocycles. The summed E-state index contributed by atoms with van der Waals surface area (Å²) in [5, 5.41) is 1.77. The summed E-state index contributed by atoms with van der Waals surface area (Å²) in [6, 6.07) is 7.49. The molecule has 1 aliphatic heterocycles. The largest absolute Gasteiger partial charge is 0.324 e. The standard InChI is InChI=1S/C14H15BrN2O2S2/c1-9(16)10-2-3-13-11(8-10)4-6-17(13)21(18,19)14-12(15)5-7-20-14/h2-3,5,7-9H,4,6,16H2,1H3. The third-order valence-electron chi connectivity index (χ3n) is 3.59. The lowest BCUT2D eigenvalue weighted by Crippen LogP contribution is -2.28. The van der Waals surface area contributed by atoms with Crippen LogP contribution in [0.2, 0.25) is 0 Å². The lowest BCUT2D eigenvalue weighted by atomic mass is 10.0. The van der Waals surface area contributed by atoms with Gasteiger partial charge >= 0.3 is 0 Å². The minimum absolute atomic E-state index is 0.0487. The van der Waals surface area contributed by atoms with Gasteiger partial charge in [-0.05, 0) is 57.9 Å². The van der Waals surface area contributed by atoms with Gasteiger partial charge in [0.25, 0.3) is 10.0 Å². The molecule has 1 unspecified atom stereocenters. The first-order chi connectivity index (χ1) is 9.91. The summed E-state index contributed by atoms with van der Waals surface area (Å²) in [5.41, 5.74) is 8.73. The number of fused-ring (bicyclic) bond motifs is 1. The number of nitrogens with zero attached hydrogens (tertiary/aromatic N) is 1. The van der Waals surface area contributed by atoms with Crippen LogP contribution in [0, 0.1) is 0 Å². The Balaban J connectivity index is 2.04. The van der Waals surface area contributed by atoms with E-state index in [0.29, 0.717) is 15.2 Å². The van der Waals surface area contributed by atoms with Crippen LogP contribution in [0.4, 0.5) is 5.69 Å². The Labute approximate surface area is 136 Å². The molecule has 0 radical (unpaired) electrons. The number of rotatable bonds is 3. The predicted octanol–water partition coefficient (Wildman–Crippen LogP) is 3.28. The molecule has 2 N–H and O–H groups in total. The van der Waals surface area contributed by atoms with Crippen LogP contribution >= 0.6 is 27.3 Å². The Morgan fingerprint density at radius 1 is 1.38 bits per heavy atom. The molecule has 2 aromatic rings. The topological polar surface area (TPSA) is 63.4 Å². The van der Waals surface area contributed by atoms with Crippen molar-refractivity contribution in [2.45, 2.75) is 23.6 Å². The van der Waals surface area contributed by atoms with Gasteiger partial charge in [0.15, 0.2) is 4.21 Å². The van der Waals surface area contributed by atoms with E-state index in [1.165, 1.54) is 15.6 Å². The van der Waals surface area contributed by atoms with E-state index in [2.05, 4.69) is 15.9 Å². The van der Waals surface area contributed by atoms with Crippen LogP contribution in [0.5, 0.6) is 0 Å². The quantitative estimate of drug-likeness (QED) is 0.879. The third kappa shape index (κ3) is 2.52. The maximum Gasteiger partial charge on any atom is 0.274 e. The molecule has 1 atom stereocenters. The van der Waals surface area contributed by atoms with E-state index in [1.807, 2.05) is 25.1 Å². The number of sulfonamides is 1. The lowest BCUT2D eigenvalue weighted by Gasteiger charge is -2.19. The molecule has 0 saturated heterocycles. The second-order valence-electron chi connectivity index (χ2n) is 5.06. The van der Waals surface area contributed by atoms with Crippen molar-refractivity contribution in [1.29, 1.82) is 0 Å². The molecule has 112 valence electrons. The van der Waals surface area contributed by atoms with Crippen LogP contribution in [0.25, 0.3) is 0 Å². The van der Waals surface area contributed by atoms with Crippen LogP contribution in [0.3, 0.4) is 0 Å². The van der Waals surface area contributed by atoms with Crippen LogP contribution in [0.1, 0.15) is 24.1 Å². The van der Waals surface area contributed by atoms with Crippen molar-refractivity contribution in [3.63, 3.8) is 0 Å². The number of hydrogen-bond acceptors (Lipinski definition) is 4. The van der Waals surface area contributed by atoms with Crippen molar-refractivity contribution in [3.05, 3.63) is 45.2 Å². The van der Waals surface area contributed by atoms with Gasteiger partial charge in [-0.1, -0.05) is 12.1 Å². The summed E-state index contributed by atoms with van der Waals surface area (Å²) in [6.45, 7) is 2.40. The van der Waals surface area contributed by atoms with Gasteiger partial charge in [-0.25, -0.2) is 8.42 Å². The monoisotopic (exact) mass is 386 g/mol. The fraction of sp³-hybridized carbons (Fsp3) is 0.286. The maximum absolute atomic E-state index is 12.8. The Morgan fingerprint density at radius 3 is 2.76 bits per heavy atom. The van der Waals surface area contributed by atoms with E-state index in [0.717, 1.165) is 23.2 Å². The van der Waals surface area contributed by atoms with Gasteiger partial charge in [0.1, 0.15) is 0 Å². The number of anilines is 1. The first kappa shape index (κ1) is 15.0. The fourth-order valence-corrected chi connectivity index (χ4v) is 6.40. The molecule has 1 aliphatic rings.